The maximum Gasteiger partial charge on any atom is 0.251 e. The van der Waals surface area contributed by atoms with Crippen LogP contribution in [-0.2, 0) is 6.54 Å². The summed E-state index contributed by atoms with van der Waals surface area (Å²) in [5.41, 5.74) is 8.08. The van der Waals surface area contributed by atoms with Crippen molar-refractivity contribution in [1.29, 1.82) is 0 Å². The number of nitrogens with zero attached hydrogens (tertiary/aromatic N) is 1. The molecule has 1 aliphatic rings. The van der Waals surface area contributed by atoms with Gasteiger partial charge >= 0.3 is 0 Å². The molecule has 1 amide bonds. The fourth-order valence-corrected chi connectivity index (χ4v) is 4.56. The number of carbonyl (C=O) groups is 1. The van der Waals surface area contributed by atoms with Crippen molar-refractivity contribution in [2.45, 2.75) is 59.9 Å². The minimum atomic E-state index is -0.135. The lowest BCUT2D eigenvalue weighted by molar-refractivity contribution is 0.0947. The van der Waals surface area contributed by atoms with Crippen LogP contribution in [-0.4, -0.2) is 11.1 Å². The molecule has 32 heavy (non-hydrogen) atoms. The van der Waals surface area contributed by atoms with Gasteiger partial charge in [-0.05, 0) is 75.4 Å². The second-order valence-electron chi connectivity index (χ2n) is 8.92. The predicted octanol–water partition coefficient (Wildman–Crippen LogP) is 6.05. The highest BCUT2D eigenvalue weighted by Gasteiger charge is 2.14. The molecule has 3 aromatic rings. The Labute approximate surface area is 190 Å². The van der Waals surface area contributed by atoms with E-state index in [1.165, 1.54) is 31.2 Å². The second kappa shape index (κ2) is 9.44. The fourth-order valence-electron chi connectivity index (χ4n) is 4.56. The van der Waals surface area contributed by atoms with Crippen LogP contribution in [0.3, 0.4) is 0 Å². The molecule has 0 aliphatic heterocycles. The Balaban J connectivity index is 1.41. The zero-order valence-corrected chi connectivity index (χ0v) is 19.3. The quantitative estimate of drug-likeness (QED) is 0.517. The smallest absolute Gasteiger partial charge is 0.251 e. The number of benzene rings is 2. The van der Waals surface area contributed by atoms with Crippen LogP contribution in [0.15, 0.2) is 40.9 Å². The van der Waals surface area contributed by atoms with Gasteiger partial charge in [-0.25, -0.2) is 0 Å². The monoisotopic (exact) mass is 426 g/mol. The van der Waals surface area contributed by atoms with Crippen molar-refractivity contribution in [3.8, 4) is 23.1 Å². The number of amides is 1. The zero-order chi connectivity index (χ0) is 22.7. The van der Waals surface area contributed by atoms with Gasteiger partial charge in [-0.1, -0.05) is 47.5 Å². The standard InChI is InChI=1S/C28H30N2O2/c1-18-13-20(3)27(21(4)14-18)26-16-25(32-30-26)17-29-28(31)24-12-11-23(19(2)15-24)10-9-22-7-5-6-8-22/h11-16,22H,5-8,17H2,1-4H3,(H,29,31). The maximum atomic E-state index is 12.7. The highest BCUT2D eigenvalue weighted by molar-refractivity contribution is 5.94. The lowest BCUT2D eigenvalue weighted by Crippen LogP contribution is -2.22. The SMILES string of the molecule is Cc1cc(C)c(-c2cc(CNC(=O)c3ccc(C#CC4CCCC4)c(C)c3)on2)c(C)c1. The molecular weight excluding hydrogens is 396 g/mol. The van der Waals surface area contributed by atoms with E-state index < -0.39 is 0 Å². The Morgan fingerprint density at radius 2 is 1.75 bits per heavy atom. The van der Waals surface area contributed by atoms with Crippen molar-refractivity contribution in [2.24, 2.45) is 5.92 Å². The molecule has 0 unspecified atom stereocenters. The van der Waals surface area contributed by atoms with Gasteiger partial charge in [-0.3, -0.25) is 4.79 Å². The zero-order valence-electron chi connectivity index (χ0n) is 19.3. The second-order valence-corrected chi connectivity index (χ2v) is 8.92. The Kier molecular flexibility index (Phi) is 6.46. The summed E-state index contributed by atoms with van der Waals surface area (Å²) in [6.07, 6.45) is 4.99. The van der Waals surface area contributed by atoms with E-state index in [0.29, 0.717) is 17.2 Å². The third-order valence-corrected chi connectivity index (χ3v) is 6.17. The van der Waals surface area contributed by atoms with Gasteiger partial charge in [0.2, 0.25) is 0 Å². The van der Waals surface area contributed by atoms with Crippen molar-refractivity contribution in [2.75, 3.05) is 0 Å². The summed E-state index contributed by atoms with van der Waals surface area (Å²) in [4.78, 5) is 12.7. The number of nitrogens with one attached hydrogen (secondary N) is 1. The molecule has 2 aromatic carbocycles. The topological polar surface area (TPSA) is 55.1 Å². The molecular formula is C28H30N2O2. The highest BCUT2D eigenvalue weighted by atomic mass is 16.5. The van der Waals surface area contributed by atoms with Crippen molar-refractivity contribution in [3.05, 3.63) is 75.5 Å². The molecule has 4 rings (SSSR count). The summed E-state index contributed by atoms with van der Waals surface area (Å²) in [7, 11) is 0. The van der Waals surface area contributed by atoms with Crippen LogP contribution >= 0.6 is 0 Å². The lowest BCUT2D eigenvalue weighted by Gasteiger charge is -2.08. The Morgan fingerprint density at radius 1 is 1.03 bits per heavy atom. The molecule has 0 bridgehead atoms. The largest absolute Gasteiger partial charge is 0.359 e. The molecule has 1 saturated carbocycles. The molecule has 0 atom stereocenters. The van der Waals surface area contributed by atoms with Crippen LogP contribution in [0.4, 0.5) is 0 Å². The Hall–Kier alpha value is -3.32. The van der Waals surface area contributed by atoms with E-state index in [0.717, 1.165) is 33.5 Å². The summed E-state index contributed by atoms with van der Waals surface area (Å²) in [6, 6.07) is 11.9. The summed E-state index contributed by atoms with van der Waals surface area (Å²) in [6.45, 7) is 8.54. The van der Waals surface area contributed by atoms with E-state index >= 15 is 0 Å². The molecule has 1 aliphatic carbocycles. The third-order valence-electron chi connectivity index (χ3n) is 6.17. The van der Waals surface area contributed by atoms with E-state index in [-0.39, 0.29) is 12.5 Å². The molecule has 1 N–H and O–H groups in total. The van der Waals surface area contributed by atoms with E-state index in [1.807, 2.05) is 31.2 Å². The molecule has 1 aromatic heterocycles. The first kappa shape index (κ1) is 21.9. The van der Waals surface area contributed by atoms with Crippen LogP contribution in [0.2, 0.25) is 0 Å². The van der Waals surface area contributed by atoms with E-state index in [1.54, 1.807) is 0 Å². The minimum absolute atomic E-state index is 0.135. The number of rotatable bonds is 4. The number of hydrogen-bond donors (Lipinski definition) is 1. The first-order valence-corrected chi connectivity index (χ1v) is 11.3. The summed E-state index contributed by atoms with van der Waals surface area (Å²) in [5, 5.41) is 7.16. The first-order chi connectivity index (χ1) is 15.4. The van der Waals surface area contributed by atoms with Crippen molar-refractivity contribution >= 4 is 5.91 Å². The number of aryl methyl sites for hydroxylation is 4. The first-order valence-electron chi connectivity index (χ1n) is 11.3. The van der Waals surface area contributed by atoms with Gasteiger partial charge in [0.1, 0.15) is 5.69 Å². The normalized spacial score (nSPS) is 13.6. The van der Waals surface area contributed by atoms with Gasteiger partial charge in [0.25, 0.3) is 5.91 Å². The van der Waals surface area contributed by atoms with Crippen LogP contribution in [0.1, 0.15) is 69.6 Å². The van der Waals surface area contributed by atoms with Crippen molar-refractivity contribution in [1.82, 2.24) is 10.5 Å². The van der Waals surface area contributed by atoms with Crippen LogP contribution < -0.4 is 5.32 Å². The molecule has 164 valence electrons. The average molecular weight is 427 g/mol. The Bertz CT molecular complexity index is 1180. The van der Waals surface area contributed by atoms with Crippen molar-refractivity contribution in [3.63, 3.8) is 0 Å². The molecule has 1 heterocycles. The lowest BCUT2D eigenvalue weighted by atomic mass is 9.97. The molecule has 0 spiro atoms. The van der Waals surface area contributed by atoms with E-state index in [9.17, 15) is 4.79 Å². The van der Waals surface area contributed by atoms with E-state index in [4.69, 9.17) is 4.52 Å². The molecule has 0 saturated heterocycles. The van der Waals surface area contributed by atoms with Gasteiger partial charge < -0.3 is 9.84 Å². The van der Waals surface area contributed by atoms with Gasteiger partial charge in [-0.15, -0.1) is 0 Å². The van der Waals surface area contributed by atoms with Gasteiger partial charge in [0.05, 0.1) is 6.54 Å². The van der Waals surface area contributed by atoms with Gasteiger partial charge in [0, 0.05) is 28.7 Å². The molecule has 1 fully saturated rings. The maximum absolute atomic E-state index is 12.7. The van der Waals surface area contributed by atoms with E-state index in [2.05, 4.69) is 55.2 Å². The predicted molar refractivity (Wildman–Crippen MR) is 127 cm³/mol. The van der Waals surface area contributed by atoms with Crippen LogP contribution in [0.25, 0.3) is 11.3 Å². The van der Waals surface area contributed by atoms with Crippen LogP contribution in [0, 0.1) is 45.5 Å². The summed E-state index contributed by atoms with van der Waals surface area (Å²) >= 11 is 0. The minimum Gasteiger partial charge on any atom is -0.359 e. The van der Waals surface area contributed by atoms with Crippen LogP contribution in [0.5, 0.6) is 0 Å². The van der Waals surface area contributed by atoms with Gasteiger partial charge in [-0.2, -0.15) is 0 Å². The molecule has 4 nitrogen and oxygen atoms in total. The average Bonchev–Trinajstić information content (AvgIpc) is 3.42. The van der Waals surface area contributed by atoms with Gasteiger partial charge in [0.15, 0.2) is 5.76 Å². The highest BCUT2D eigenvalue weighted by Crippen LogP contribution is 2.28. The number of aromatic nitrogens is 1. The number of hydrogen-bond acceptors (Lipinski definition) is 3. The third kappa shape index (κ3) is 4.94. The van der Waals surface area contributed by atoms with Crippen molar-refractivity contribution < 1.29 is 9.32 Å². The summed E-state index contributed by atoms with van der Waals surface area (Å²) < 4.78 is 5.49. The summed E-state index contributed by atoms with van der Waals surface area (Å²) in [5.74, 6) is 7.71. The molecule has 4 heteroatoms. The Morgan fingerprint density at radius 3 is 2.44 bits per heavy atom. The fraction of sp³-hybridized carbons (Fsp3) is 0.357. The molecule has 0 radical (unpaired) electrons. The number of carbonyl (C=O) groups excluding carboxylic acids is 1.